The molecule has 0 N–H and O–H groups in total. The van der Waals surface area contributed by atoms with Crippen molar-refractivity contribution in [3.63, 3.8) is 0 Å². The molecule has 22 heavy (non-hydrogen) atoms. The zero-order chi connectivity index (χ0) is 15.4. The third kappa shape index (κ3) is 3.19. The van der Waals surface area contributed by atoms with Gasteiger partial charge in [0.25, 0.3) is 0 Å². The molecule has 1 heterocycles. The van der Waals surface area contributed by atoms with E-state index in [0.717, 1.165) is 29.9 Å². The van der Waals surface area contributed by atoms with E-state index >= 15 is 0 Å². The van der Waals surface area contributed by atoms with Crippen molar-refractivity contribution >= 4 is 17.8 Å². The van der Waals surface area contributed by atoms with E-state index in [-0.39, 0.29) is 0 Å². The molecule has 2 nitrogen and oxygen atoms in total. The maximum absolute atomic E-state index is 14.0. The van der Waals surface area contributed by atoms with Gasteiger partial charge in [-0.25, -0.2) is 0 Å². The highest BCUT2D eigenvalue weighted by Gasteiger charge is 2.31. The normalized spacial score (nSPS) is 17.5. The minimum atomic E-state index is -2.57. The van der Waals surface area contributed by atoms with Crippen LogP contribution in [0.4, 0.5) is 0 Å². The first kappa shape index (κ1) is 15.5. The summed E-state index contributed by atoms with van der Waals surface area (Å²) >= 11 is 0. The maximum Gasteiger partial charge on any atom is 0.144 e. The summed E-state index contributed by atoms with van der Waals surface area (Å²) in [6, 6.07) is 20.4. The third-order valence-electron chi connectivity index (χ3n) is 4.63. The second kappa shape index (κ2) is 6.81. The van der Waals surface area contributed by atoms with Gasteiger partial charge < -0.3 is 9.46 Å². The fourth-order valence-electron chi connectivity index (χ4n) is 3.37. The van der Waals surface area contributed by atoms with E-state index < -0.39 is 7.14 Å². The Morgan fingerprint density at radius 2 is 1.36 bits per heavy atom. The highest BCUT2D eigenvalue weighted by molar-refractivity contribution is 7.78. The fourth-order valence-corrected chi connectivity index (χ4v) is 6.37. The first-order chi connectivity index (χ1) is 10.7. The molecule has 0 radical (unpaired) electrons. The van der Waals surface area contributed by atoms with E-state index in [4.69, 9.17) is 0 Å². The Balaban J connectivity index is 1.95. The standard InChI is InChI=1S/C19H24NOP/c1-17(20-14-8-9-15-20)16-22(21,18-10-4-2-5-11-18)19-12-6-3-7-13-19/h2-7,10-13,17H,8-9,14-16H2,1H3/t17-/m1/s1. The summed E-state index contributed by atoms with van der Waals surface area (Å²) in [7, 11) is -2.57. The average Bonchev–Trinajstić information content (AvgIpc) is 3.11. The highest BCUT2D eigenvalue weighted by Crippen LogP contribution is 2.44. The molecule has 0 spiro atoms. The molecule has 1 fully saturated rings. The molecular weight excluding hydrogens is 289 g/mol. The summed E-state index contributed by atoms with van der Waals surface area (Å²) in [4.78, 5) is 2.48. The summed E-state index contributed by atoms with van der Waals surface area (Å²) in [5, 5.41) is 1.96. The van der Waals surface area contributed by atoms with Gasteiger partial charge in [0, 0.05) is 22.8 Å². The van der Waals surface area contributed by atoms with Crippen LogP contribution in [0, 0.1) is 0 Å². The van der Waals surface area contributed by atoms with Gasteiger partial charge in [-0.05, 0) is 32.9 Å². The first-order valence-corrected chi connectivity index (χ1v) is 10.0. The number of hydrogen-bond donors (Lipinski definition) is 0. The van der Waals surface area contributed by atoms with Crippen molar-refractivity contribution in [1.82, 2.24) is 4.90 Å². The maximum atomic E-state index is 14.0. The van der Waals surface area contributed by atoms with Crippen LogP contribution in [0.25, 0.3) is 0 Å². The molecule has 116 valence electrons. The number of nitrogens with zero attached hydrogens (tertiary/aromatic N) is 1. The summed E-state index contributed by atoms with van der Waals surface area (Å²) in [5.74, 6) is 0. The molecule has 1 saturated heterocycles. The lowest BCUT2D eigenvalue weighted by atomic mass is 10.3. The Labute approximate surface area is 133 Å². The van der Waals surface area contributed by atoms with Crippen LogP contribution in [-0.4, -0.2) is 30.2 Å². The first-order valence-electron chi connectivity index (χ1n) is 8.14. The van der Waals surface area contributed by atoms with Gasteiger partial charge >= 0.3 is 0 Å². The minimum Gasteiger partial charge on any atom is -0.314 e. The molecule has 0 aliphatic carbocycles. The second-order valence-corrected chi connectivity index (χ2v) is 9.06. The Bertz CT molecular complexity index is 591. The van der Waals surface area contributed by atoms with Gasteiger partial charge in [0.1, 0.15) is 7.14 Å². The fraction of sp³-hybridized carbons (Fsp3) is 0.368. The summed E-state index contributed by atoms with van der Waals surface area (Å²) in [6.45, 7) is 4.51. The minimum absolute atomic E-state index is 0.355. The molecular formula is C19H24NOP. The second-order valence-electron chi connectivity index (χ2n) is 6.19. The van der Waals surface area contributed by atoms with Crippen molar-refractivity contribution in [1.29, 1.82) is 0 Å². The predicted molar refractivity (Wildman–Crippen MR) is 94.9 cm³/mol. The van der Waals surface area contributed by atoms with Crippen molar-refractivity contribution in [3.8, 4) is 0 Å². The average molecular weight is 313 g/mol. The lowest BCUT2D eigenvalue weighted by Crippen LogP contribution is -2.35. The lowest BCUT2D eigenvalue weighted by molar-refractivity contribution is 0.278. The van der Waals surface area contributed by atoms with Gasteiger partial charge in [-0.1, -0.05) is 60.7 Å². The van der Waals surface area contributed by atoms with Crippen molar-refractivity contribution in [2.45, 2.75) is 25.8 Å². The third-order valence-corrected chi connectivity index (χ3v) is 7.94. The van der Waals surface area contributed by atoms with Crippen molar-refractivity contribution in [3.05, 3.63) is 60.7 Å². The number of hydrogen-bond acceptors (Lipinski definition) is 2. The van der Waals surface area contributed by atoms with Crippen LogP contribution in [-0.2, 0) is 4.57 Å². The molecule has 1 aliphatic heterocycles. The van der Waals surface area contributed by atoms with Gasteiger partial charge in [-0.2, -0.15) is 0 Å². The molecule has 0 aromatic heterocycles. The van der Waals surface area contributed by atoms with Crippen LogP contribution < -0.4 is 10.6 Å². The Kier molecular flexibility index (Phi) is 4.81. The molecule has 0 amide bonds. The lowest BCUT2D eigenvalue weighted by Gasteiger charge is -2.29. The van der Waals surface area contributed by atoms with Crippen LogP contribution in [0.2, 0.25) is 0 Å². The predicted octanol–water partition coefficient (Wildman–Crippen LogP) is 3.48. The van der Waals surface area contributed by atoms with Crippen LogP contribution >= 0.6 is 7.14 Å². The van der Waals surface area contributed by atoms with Crippen LogP contribution in [0.5, 0.6) is 0 Å². The largest absolute Gasteiger partial charge is 0.314 e. The summed E-state index contributed by atoms with van der Waals surface area (Å²) in [5.41, 5.74) is 0. The number of benzene rings is 2. The Hall–Kier alpha value is -1.37. The van der Waals surface area contributed by atoms with Crippen molar-refractivity contribution < 1.29 is 4.57 Å². The van der Waals surface area contributed by atoms with Gasteiger partial charge in [0.2, 0.25) is 0 Å². The molecule has 0 unspecified atom stereocenters. The van der Waals surface area contributed by atoms with Gasteiger partial charge in [-0.3, -0.25) is 0 Å². The number of likely N-dealkylation sites (tertiary alicyclic amines) is 1. The zero-order valence-electron chi connectivity index (χ0n) is 13.2. The van der Waals surface area contributed by atoms with Crippen LogP contribution in [0.15, 0.2) is 60.7 Å². The van der Waals surface area contributed by atoms with Gasteiger partial charge in [0.15, 0.2) is 0 Å². The van der Waals surface area contributed by atoms with Gasteiger partial charge in [-0.15, -0.1) is 0 Å². The summed E-state index contributed by atoms with van der Waals surface area (Å²) < 4.78 is 14.0. The molecule has 2 aromatic rings. The van der Waals surface area contributed by atoms with E-state index in [1.807, 2.05) is 60.7 Å². The molecule has 2 aromatic carbocycles. The van der Waals surface area contributed by atoms with E-state index in [9.17, 15) is 4.57 Å². The quantitative estimate of drug-likeness (QED) is 0.788. The van der Waals surface area contributed by atoms with Crippen molar-refractivity contribution in [2.24, 2.45) is 0 Å². The topological polar surface area (TPSA) is 20.3 Å². The van der Waals surface area contributed by atoms with E-state index in [1.165, 1.54) is 12.8 Å². The monoisotopic (exact) mass is 313 g/mol. The van der Waals surface area contributed by atoms with Crippen LogP contribution in [0.3, 0.4) is 0 Å². The molecule has 1 aliphatic rings. The van der Waals surface area contributed by atoms with Crippen molar-refractivity contribution in [2.75, 3.05) is 19.3 Å². The number of rotatable bonds is 5. The van der Waals surface area contributed by atoms with E-state index in [0.29, 0.717) is 6.04 Å². The van der Waals surface area contributed by atoms with Gasteiger partial charge in [0.05, 0.1) is 0 Å². The zero-order valence-corrected chi connectivity index (χ0v) is 14.1. The molecule has 0 saturated carbocycles. The highest BCUT2D eigenvalue weighted by atomic mass is 31.2. The summed E-state index contributed by atoms with van der Waals surface area (Å²) in [6.07, 6.45) is 3.26. The van der Waals surface area contributed by atoms with E-state index in [2.05, 4.69) is 11.8 Å². The molecule has 3 heteroatoms. The van der Waals surface area contributed by atoms with Crippen LogP contribution in [0.1, 0.15) is 19.8 Å². The molecule has 0 bridgehead atoms. The Morgan fingerprint density at radius 1 is 0.909 bits per heavy atom. The molecule has 1 atom stereocenters. The Morgan fingerprint density at radius 3 is 1.82 bits per heavy atom. The van der Waals surface area contributed by atoms with E-state index in [1.54, 1.807) is 0 Å². The smallest absolute Gasteiger partial charge is 0.144 e. The molecule has 3 rings (SSSR count). The SMILES string of the molecule is C[C@H](CP(=O)(c1ccccc1)c1ccccc1)N1CCCC1.